The Labute approximate surface area is 154 Å². The van der Waals surface area contributed by atoms with Gasteiger partial charge in [-0.3, -0.25) is 4.79 Å². The van der Waals surface area contributed by atoms with E-state index in [4.69, 9.17) is 17.0 Å². The Hall–Kier alpha value is -1.33. The van der Waals surface area contributed by atoms with Crippen molar-refractivity contribution in [3.05, 3.63) is 47.5 Å². The predicted octanol–water partition coefficient (Wildman–Crippen LogP) is 4.57. The second-order valence-corrected chi connectivity index (χ2v) is 7.52. The molecule has 0 saturated carbocycles. The van der Waals surface area contributed by atoms with Gasteiger partial charge in [-0.05, 0) is 43.5 Å². The van der Waals surface area contributed by atoms with Crippen LogP contribution in [-0.4, -0.2) is 34.6 Å². The Morgan fingerprint density at radius 2 is 2.00 bits per heavy atom. The van der Waals surface area contributed by atoms with Gasteiger partial charge in [-0.15, -0.1) is 0 Å². The van der Waals surface area contributed by atoms with Gasteiger partial charge in [-0.1, -0.05) is 60.2 Å². The third-order valence-corrected chi connectivity index (χ3v) is 5.39. The van der Waals surface area contributed by atoms with Gasteiger partial charge >= 0.3 is 0 Å². The average Bonchev–Trinajstić information content (AvgIpc) is 2.88. The van der Waals surface area contributed by atoms with Crippen molar-refractivity contribution in [2.75, 3.05) is 19.4 Å². The fourth-order valence-electron chi connectivity index (χ4n) is 2.78. The van der Waals surface area contributed by atoms with Crippen LogP contribution in [0.2, 0.25) is 0 Å². The lowest BCUT2D eigenvalue weighted by Crippen LogP contribution is -2.34. The Morgan fingerprint density at radius 1 is 1.21 bits per heavy atom. The molecule has 0 saturated heterocycles. The minimum atomic E-state index is 0.105. The van der Waals surface area contributed by atoms with Gasteiger partial charge in [0.25, 0.3) is 0 Å². The summed E-state index contributed by atoms with van der Waals surface area (Å²) in [5.74, 6) is 0.431. The molecule has 0 bridgehead atoms. The summed E-state index contributed by atoms with van der Waals surface area (Å²) in [5.41, 5.74) is 2.54. The first-order valence-corrected chi connectivity index (χ1v) is 9.79. The highest BCUT2D eigenvalue weighted by atomic mass is 32.2. The number of thiocarbonyl (C=S) groups is 1. The van der Waals surface area contributed by atoms with E-state index in [2.05, 4.69) is 18.2 Å². The summed E-state index contributed by atoms with van der Waals surface area (Å²) in [7, 11) is 1.54. The Kier molecular flexibility index (Phi) is 8.33. The molecule has 2 rings (SSSR count). The molecule has 0 heterocycles. The maximum absolute atomic E-state index is 12.7. The molecule has 0 fully saturated rings. The lowest BCUT2D eigenvalue weighted by molar-refractivity contribution is -0.128. The SMILES string of the molecule is COC(=S)SCC(=O)N(CC1=CCCCCC1)Cc1ccccc1. The molecule has 0 N–H and O–H groups in total. The van der Waals surface area contributed by atoms with Crippen LogP contribution in [0.5, 0.6) is 0 Å². The van der Waals surface area contributed by atoms with E-state index >= 15 is 0 Å². The Morgan fingerprint density at radius 3 is 2.75 bits per heavy atom. The van der Waals surface area contributed by atoms with E-state index in [9.17, 15) is 4.79 Å². The number of ether oxygens (including phenoxy) is 1. The molecule has 3 nitrogen and oxygen atoms in total. The monoisotopic (exact) mass is 363 g/mol. The lowest BCUT2D eigenvalue weighted by Gasteiger charge is -2.24. The third-order valence-electron chi connectivity index (χ3n) is 4.08. The molecule has 1 amide bonds. The second kappa shape index (κ2) is 10.5. The number of rotatable bonds is 6. The van der Waals surface area contributed by atoms with Crippen LogP contribution in [0.4, 0.5) is 0 Å². The number of allylic oxidation sites excluding steroid dienone is 1. The van der Waals surface area contributed by atoms with Gasteiger partial charge in [0.05, 0.1) is 12.9 Å². The fraction of sp³-hybridized carbons (Fsp3) is 0.474. The van der Waals surface area contributed by atoms with Crippen molar-refractivity contribution >= 4 is 34.3 Å². The zero-order chi connectivity index (χ0) is 17.2. The van der Waals surface area contributed by atoms with Gasteiger partial charge in [0.2, 0.25) is 10.3 Å². The largest absolute Gasteiger partial charge is 0.482 e. The van der Waals surface area contributed by atoms with Crippen LogP contribution < -0.4 is 0 Å². The number of carbonyl (C=O) groups excluding carboxylic acids is 1. The van der Waals surface area contributed by atoms with Crippen LogP contribution in [0.15, 0.2) is 42.0 Å². The second-order valence-electron chi connectivity index (χ2n) is 5.94. The highest BCUT2D eigenvalue weighted by Gasteiger charge is 2.17. The standard InChI is InChI=1S/C19H25NO2S2/c1-22-19(23)24-15-18(21)20(14-17-11-7-4-8-12-17)13-16-9-5-2-3-6-10-16/h4,7-9,11-12H,2-3,5-6,10,13-15H2,1H3. The fourth-order valence-corrected chi connectivity index (χ4v) is 3.50. The minimum Gasteiger partial charge on any atom is -0.482 e. The van der Waals surface area contributed by atoms with E-state index in [1.807, 2.05) is 23.1 Å². The highest BCUT2D eigenvalue weighted by Crippen LogP contribution is 2.20. The van der Waals surface area contributed by atoms with Crippen molar-refractivity contribution in [2.24, 2.45) is 0 Å². The maximum Gasteiger partial charge on any atom is 0.233 e. The number of amides is 1. The average molecular weight is 364 g/mol. The van der Waals surface area contributed by atoms with Gasteiger partial charge in [-0.25, -0.2) is 0 Å². The van der Waals surface area contributed by atoms with Crippen molar-refractivity contribution in [3.63, 3.8) is 0 Å². The molecule has 1 aliphatic rings. The molecule has 24 heavy (non-hydrogen) atoms. The molecule has 0 aliphatic heterocycles. The van der Waals surface area contributed by atoms with E-state index in [0.717, 1.165) is 18.4 Å². The number of hydrogen-bond donors (Lipinski definition) is 0. The van der Waals surface area contributed by atoms with Crippen LogP contribution in [0.25, 0.3) is 0 Å². The third kappa shape index (κ3) is 6.65. The number of nitrogens with zero attached hydrogens (tertiary/aromatic N) is 1. The zero-order valence-corrected chi connectivity index (χ0v) is 15.8. The summed E-state index contributed by atoms with van der Waals surface area (Å²) in [6.07, 6.45) is 8.32. The number of carbonyl (C=O) groups is 1. The zero-order valence-electron chi connectivity index (χ0n) is 14.2. The quantitative estimate of drug-likeness (QED) is 0.547. The van der Waals surface area contributed by atoms with Crippen molar-refractivity contribution < 1.29 is 9.53 Å². The summed E-state index contributed by atoms with van der Waals surface area (Å²) in [6.45, 7) is 1.35. The summed E-state index contributed by atoms with van der Waals surface area (Å²) >= 11 is 6.32. The lowest BCUT2D eigenvalue weighted by atomic mass is 10.1. The van der Waals surface area contributed by atoms with Crippen LogP contribution in [0.1, 0.15) is 37.7 Å². The van der Waals surface area contributed by atoms with Gasteiger partial charge in [-0.2, -0.15) is 0 Å². The van der Waals surface area contributed by atoms with Gasteiger partial charge in [0, 0.05) is 13.1 Å². The molecule has 0 aromatic heterocycles. The summed E-state index contributed by atoms with van der Waals surface area (Å²) in [5, 5.41) is 0. The molecule has 1 aromatic carbocycles. The molecule has 0 atom stereocenters. The van der Waals surface area contributed by atoms with Crippen LogP contribution in [0.3, 0.4) is 0 Å². The predicted molar refractivity (Wildman–Crippen MR) is 105 cm³/mol. The van der Waals surface area contributed by atoms with E-state index in [1.165, 1.54) is 43.7 Å². The van der Waals surface area contributed by atoms with Crippen molar-refractivity contribution in [1.29, 1.82) is 0 Å². The van der Waals surface area contributed by atoms with E-state index in [1.54, 1.807) is 0 Å². The van der Waals surface area contributed by atoms with E-state index in [-0.39, 0.29) is 5.91 Å². The topological polar surface area (TPSA) is 29.5 Å². The molecular weight excluding hydrogens is 338 g/mol. The minimum absolute atomic E-state index is 0.105. The Balaban J connectivity index is 2.03. The summed E-state index contributed by atoms with van der Waals surface area (Å²) in [6, 6.07) is 10.1. The van der Waals surface area contributed by atoms with Crippen LogP contribution in [0, 0.1) is 0 Å². The molecule has 130 valence electrons. The van der Waals surface area contributed by atoms with Crippen LogP contribution in [-0.2, 0) is 16.1 Å². The molecular formula is C19H25NO2S2. The molecule has 0 unspecified atom stereocenters. The first-order valence-electron chi connectivity index (χ1n) is 8.39. The first kappa shape index (κ1) is 19.0. The first-order chi connectivity index (χ1) is 11.7. The van der Waals surface area contributed by atoms with Crippen molar-refractivity contribution in [2.45, 2.75) is 38.6 Å². The number of thioether (sulfide) groups is 1. The molecule has 0 spiro atoms. The summed E-state index contributed by atoms with van der Waals surface area (Å²) in [4.78, 5) is 14.6. The van der Waals surface area contributed by atoms with Gasteiger partial charge in [0.1, 0.15) is 0 Å². The van der Waals surface area contributed by atoms with Crippen LogP contribution >= 0.6 is 24.0 Å². The smallest absolute Gasteiger partial charge is 0.233 e. The molecule has 1 aliphatic carbocycles. The number of hydrogen-bond acceptors (Lipinski definition) is 4. The number of benzene rings is 1. The van der Waals surface area contributed by atoms with Gasteiger partial charge in [0.15, 0.2) is 0 Å². The summed E-state index contributed by atoms with van der Waals surface area (Å²) < 4.78 is 5.39. The normalized spacial score (nSPS) is 14.5. The Bertz CT molecular complexity index is 572. The maximum atomic E-state index is 12.7. The highest BCUT2D eigenvalue weighted by molar-refractivity contribution is 8.23. The molecule has 5 heteroatoms. The molecule has 1 aromatic rings. The van der Waals surface area contributed by atoms with Crippen molar-refractivity contribution in [3.8, 4) is 0 Å². The van der Waals surface area contributed by atoms with Crippen molar-refractivity contribution in [1.82, 2.24) is 4.90 Å². The number of methoxy groups -OCH3 is 1. The van der Waals surface area contributed by atoms with E-state index < -0.39 is 0 Å². The molecule has 0 radical (unpaired) electrons. The van der Waals surface area contributed by atoms with E-state index in [0.29, 0.717) is 23.2 Å². The van der Waals surface area contributed by atoms with Gasteiger partial charge < -0.3 is 9.64 Å².